The minimum absolute atomic E-state index is 0.133. The number of primary amides is 1. The van der Waals surface area contributed by atoms with Crippen LogP contribution in [0, 0.1) is 5.41 Å². The molecule has 5 heteroatoms. The largest absolute Gasteiger partial charge is 0.382 e. The van der Waals surface area contributed by atoms with E-state index in [1.54, 1.807) is 0 Å². The zero-order valence-corrected chi connectivity index (χ0v) is 6.24. The van der Waals surface area contributed by atoms with Crippen LogP contribution in [-0.2, 0) is 0 Å². The van der Waals surface area contributed by atoms with E-state index in [1.807, 2.05) is 0 Å². The van der Waals surface area contributed by atoms with Crippen molar-refractivity contribution in [3.05, 3.63) is 29.6 Å². The highest BCUT2D eigenvalue weighted by Crippen LogP contribution is 1.97. The highest BCUT2D eigenvalue weighted by molar-refractivity contribution is 5.95. The minimum atomic E-state index is -0.544. The molecule has 0 atom stereocenters. The van der Waals surface area contributed by atoms with Crippen LogP contribution in [0.4, 0.5) is 0 Å². The predicted molar refractivity (Wildman–Crippen MR) is 43.8 cm³/mol. The van der Waals surface area contributed by atoms with Crippen LogP contribution < -0.4 is 11.5 Å². The van der Waals surface area contributed by atoms with Crippen molar-refractivity contribution in [2.45, 2.75) is 0 Å². The lowest BCUT2D eigenvalue weighted by Crippen LogP contribution is -2.15. The number of amides is 1. The number of nitrogens with two attached hydrogens (primary N) is 2. The molecule has 1 aromatic heterocycles. The molecule has 0 aromatic carbocycles. The standard InChI is InChI=1S/C7H8N4O/c8-6(9)5-2-1-4(3-11-5)7(10)12/h1-3H,(H3,8,9)(H2,10,12). The Bertz CT molecular complexity index is 284. The molecular weight excluding hydrogens is 156 g/mol. The molecule has 0 aliphatic rings. The van der Waals surface area contributed by atoms with Gasteiger partial charge in [0, 0.05) is 6.20 Å². The van der Waals surface area contributed by atoms with Crippen LogP contribution in [0.25, 0.3) is 0 Å². The molecule has 1 heterocycles. The number of amidine groups is 1. The summed E-state index contributed by atoms with van der Waals surface area (Å²) in [5.74, 6) is -0.677. The van der Waals surface area contributed by atoms with E-state index >= 15 is 0 Å². The zero-order valence-electron chi connectivity index (χ0n) is 6.24. The summed E-state index contributed by atoms with van der Waals surface area (Å²) in [5.41, 5.74) is 10.8. The summed E-state index contributed by atoms with van der Waals surface area (Å²) in [5, 5.41) is 7.01. The second-order valence-corrected chi connectivity index (χ2v) is 2.21. The topological polar surface area (TPSA) is 106 Å². The lowest BCUT2D eigenvalue weighted by atomic mass is 10.2. The maximum Gasteiger partial charge on any atom is 0.250 e. The van der Waals surface area contributed by atoms with Gasteiger partial charge in [0.1, 0.15) is 11.5 Å². The van der Waals surface area contributed by atoms with Crippen LogP contribution in [0.2, 0.25) is 0 Å². The number of nitrogens with zero attached hydrogens (tertiary/aromatic N) is 1. The van der Waals surface area contributed by atoms with Gasteiger partial charge < -0.3 is 11.5 Å². The Kier molecular flexibility index (Phi) is 2.05. The molecule has 62 valence electrons. The quantitative estimate of drug-likeness (QED) is 0.404. The van der Waals surface area contributed by atoms with Crippen molar-refractivity contribution in [3.8, 4) is 0 Å². The van der Waals surface area contributed by atoms with E-state index in [0.29, 0.717) is 11.3 Å². The highest BCUT2D eigenvalue weighted by Gasteiger charge is 2.01. The molecule has 5 N–H and O–H groups in total. The van der Waals surface area contributed by atoms with E-state index in [1.165, 1.54) is 18.3 Å². The van der Waals surface area contributed by atoms with Crippen LogP contribution in [0.3, 0.4) is 0 Å². The summed E-state index contributed by atoms with van der Waals surface area (Å²) in [6, 6.07) is 2.95. The Morgan fingerprint density at radius 2 is 2.08 bits per heavy atom. The third-order valence-corrected chi connectivity index (χ3v) is 1.32. The molecule has 0 fully saturated rings. The number of nitrogens with one attached hydrogen (secondary N) is 1. The molecule has 0 saturated heterocycles. The molecule has 0 unspecified atom stereocenters. The fourth-order valence-corrected chi connectivity index (χ4v) is 0.699. The normalized spacial score (nSPS) is 9.33. The average Bonchev–Trinajstić information content (AvgIpc) is 2.04. The van der Waals surface area contributed by atoms with Crippen LogP contribution in [-0.4, -0.2) is 16.7 Å². The number of hydrogen-bond donors (Lipinski definition) is 3. The van der Waals surface area contributed by atoms with Crippen LogP contribution in [0.15, 0.2) is 18.3 Å². The summed E-state index contributed by atoms with van der Waals surface area (Å²) in [6.07, 6.45) is 1.29. The number of carbonyl (C=O) groups is 1. The van der Waals surface area contributed by atoms with E-state index < -0.39 is 5.91 Å². The summed E-state index contributed by atoms with van der Waals surface area (Å²) in [4.78, 5) is 14.3. The molecule has 5 nitrogen and oxygen atoms in total. The van der Waals surface area contributed by atoms with Crippen molar-refractivity contribution in [3.63, 3.8) is 0 Å². The molecule has 1 amide bonds. The molecule has 1 rings (SSSR count). The maximum absolute atomic E-state index is 10.6. The van der Waals surface area contributed by atoms with Gasteiger partial charge in [-0.15, -0.1) is 0 Å². The molecule has 0 saturated carbocycles. The Morgan fingerprint density at radius 1 is 1.42 bits per heavy atom. The van der Waals surface area contributed by atoms with Crippen molar-refractivity contribution in [2.24, 2.45) is 11.5 Å². The smallest absolute Gasteiger partial charge is 0.250 e. The first-order chi connectivity index (χ1) is 5.61. The predicted octanol–water partition coefficient (Wildman–Crippen LogP) is -0.535. The molecule has 0 aliphatic heterocycles. The summed E-state index contributed by atoms with van der Waals surface area (Å²) < 4.78 is 0. The first-order valence-electron chi connectivity index (χ1n) is 3.21. The Balaban J connectivity index is 3.01. The van der Waals surface area contributed by atoms with E-state index in [0.717, 1.165) is 0 Å². The Hall–Kier alpha value is -1.91. The number of nitrogen functional groups attached to an aromatic ring is 1. The fraction of sp³-hybridized carbons (Fsp3) is 0. The third kappa shape index (κ3) is 1.57. The van der Waals surface area contributed by atoms with Gasteiger partial charge in [-0.05, 0) is 12.1 Å². The molecule has 0 bridgehead atoms. The number of aromatic nitrogens is 1. The molecule has 12 heavy (non-hydrogen) atoms. The van der Waals surface area contributed by atoms with Crippen molar-refractivity contribution < 1.29 is 4.79 Å². The van der Waals surface area contributed by atoms with Gasteiger partial charge in [-0.25, -0.2) is 0 Å². The van der Waals surface area contributed by atoms with E-state index in [-0.39, 0.29) is 5.84 Å². The van der Waals surface area contributed by atoms with Gasteiger partial charge in [-0.2, -0.15) is 0 Å². The third-order valence-electron chi connectivity index (χ3n) is 1.32. The monoisotopic (exact) mass is 164 g/mol. The zero-order chi connectivity index (χ0) is 9.14. The average molecular weight is 164 g/mol. The molecule has 0 aliphatic carbocycles. The summed E-state index contributed by atoms with van der Waals surface area (Å²) in [6.45, 7) is 0. The van der Waals surface area contributed by atoms with E-state index in [2.05, 4.69) is 4.98 Å². The first kappa shape index (κ1) is 8.19. The fourth-order valence-electron chi connectivity index (χ4n) is 0.699. The van der Waals surface area contributed by atoms with Gasteiger partial charge in [0.05, 0.1) is 5.56 Å². The number of pyridine rings is 1. The summed E-state index contributed by atoms with van der Waals surface area (Å²) >= 11 is 0. The van der Waals surface area contributed by atoms with Gasteiger partial charge in [0.2, 0.25) is 5.91 Å². The van der Waals surface area contributed by atoms with Gasteiger partial charge in [0.25, 0.3) is 0 Å². The van der Waals surface area contributed by atoms with Crippen LogP contribution in [0.1, 0.15) is 16.1 Å². The van der Waals surface area contributed by atoms with E-state index in [9.17, 15) is 4.79 Å². The SMILES string of the molecule is N=C(N)c1ccc(C(N)=O)cn1. The Labute approximate surface area is 68.9 Å². The maximum atomic E-state index is 10.6. The minimum Gasteiger partial charge on any atom is -0.382 e. The highest BCUT2D eigenvalue weighted by atomic mass is 16.1. The first-order valence-corrected chi connectivity index (χ1v) is 3.21. The molecule has 1 aromatic rings. The second kappa shape index (κ2) is 3.00. The number of rotatable bonds is 2. The Morgan fingerprint density at radius 3 is 2.42 bits per heavy atom. The lowest BCUT2D eigenvalue weighted by molar-refractivity contribution is 0.1000. The van der Waals surface area contributed by atoms with Crippen LogP contribution in [0.5, 0.6) is 0 Å². The van der Waals surface area contributed by atoms with Gasteiger partial charge in [-0.3, -0.25) is 15.2 Å². The second-order valence-electron chi connectivity index (χ2n) is 2.21. The van der Waals surface area contributed by atoms with Crippen molar-refractivity contribution in [2.75, 3.05) is 0 Å². The number of hydrogen-bond acceptors (Lipinski definition) is 3. The molecule has 0 radical (unpaired) electrons. The van der Waals surface area contributed by atoms with Gasteiger partial charge in [-0.1, -0.05) is 0 Å². The van der Waals surface area contributed by atoms with Crippen molar-refractivity contribution in [1.82, 2.24) is 4.98 Å². The summed E-state index contributed by atoms with van der Waals surface area (Å²) in [7, 11) is 0. The van der Waals surface area contributed by atoms with E-state index in [4.69, 9.17) is 16.9 Å². The van der Waals surface area contributed by atoms with Crippen molar-refractivity contribution in [1.29, 1.82) is 5.41 Å². The van der Waals surface area contributed by atoms with Gasteiger partial charge >= 0.3 is 0 Å². The number of carbonyl (C=O) groups excluding carboxylic acids is 1. The molecular formula is C7H8N4O. The van der Waals surface area contributed by atoms with Crippen LogP contribution >= 0.6 is 0 Å². The molecule has 0 spiro atoms. The van der Waals surface area contributed by atoms with Crippen molar-refractivity contribution >= 4 is 11.7 Å². The van der Waals surface area contributed by atoms with Gasteiger partial charge in [0.15, 0.2) is 0 Å². The lowest BCUT2D eigenvalue weighted by Gasteiger charge is -1.97.